The van der Waals surface area contributed by atoms with E-state index in [0.29, 0.717) is 22.5 Å². The van der Waals surface area contributed by atoms with Crippen LogP contribution < -0.4 is 15.7 Å². The van der Waals surface area contributed by atoms with Crippen LogP contribution in [0, 0.1) is 5.82 Å². The Morgan fingerprint density at radius 2 is 1.75 bits per heavy atom. The average molecular weight is 446 g/mol. The number of aromatic nitrogens is 2. The van der Waals surface area contributed by atoms with Crippen molar-refractivity contribution in [1.29, 1.82) is 0 Å². The summed E-state index contributed by atoms with van der Waals surface area (Å²) in [6.45, 7) is 1.79. The smallest absolute Gasteiger partial charge is 0.414 e. The van der Waals surface area contributed by atoms with Crippen LogP contribution in [0.3, 0.4) is 0 Å². The summed E-state index contributed by atoms with van der Waals surface area (Å²) >= 11 is 0. The number of hydrogen-bond donors (Lipinski definition) is 1. The van der Waals surface area contributed by atoms with E-state index in [2.05, 4.69) is 15.3 Å². The SMILES string of the molecule is COn1cc(C2=N[C@@H](C)[C@@](c3ccc(F)cc3)(c3ccc(C(F)(F)F)nc3)N2)ccc1=O. The minimum Gasteiger partial charge on any atom is -0.414 e. The van der Waals surface area contributed by atoms with E-state index in [-0.39, 0.29) is 5.56 Å². The maximum atomic E-state index is 13.6. The fourth-order valence-corrected chi connectivity index (χ4v) is 3.81. The second-order valence-electron chi connectivity index (χ2n) is 7.29. The largest absolute Gasteiger partial charge is 0.433 e. The highest BCUT2D eigenvalue weighted by Gasteiger charge is 2.46. The molecule has 4 rings (SSSR count). The Hall–Kier alpha value is -3.69. The van der Waals surface area contributed by atoms with Gasteiger partial charge in [0.25, 0.3) is 5.56 Å². The summed E-state index contributed by atoms with van der Waals surface area (Å²) in [5, 5.41) is 3.29. The van der Waals surface area contributed by atoms with Gasteiger partial charge in [-0.1, -0.05) is 18.2 Å². The fraction of sp³-hybridized carbons (Fsp3) is 0.227. The second kappa shape index (κ2) is 7.77. The van der Waals surface area contributed by atoms with Crippen molar-refractivity contribution in [3.63, 3.8) is 0 Å². The Morgan fingerprint density at radius 3 is 2.34 bits per heavy atom. The van der Waals surface area contributed by atoms with Gasteiger partial charge in [0.1, 0.15) is 30.0 Å². The first-order valence-corrected chi connectivity index (χ1v) is 9.58. The normalized spacial score (nSPS) is 20.6. The van der Waals surface area contributed by atoms with Gasteiger partial charge < -0.3 is 10.2 Å². The summed E-state index contributed by atoms with van der Waals surface area (Å²) in [5.74, 6) is -0.0547. The van der Waals surface area contributed by atoms with Gasteiger partial charge in [-0.15, -0.1) is 0 Å². The third kappa shape index (κ3) is 3.61. The molecule has 6 nitrogen and oxygen atoms in total. The fourth-order valence-electron chi connectivity index (χ4n) is 3.81. The third-order valence-electron chi connectivity index (χ3n) is 5.42. The molecular weight excluding hydrogens is 428 g/mol. The van der Waals surface area contributed by atoms with Crippen molar-refractivity contribution in [2.75, 3.05) is 7.11 Å². The molecule has 0 aliphatic carbocycles. The summed E-state index contributed by atoms with van der Waals surface area (Å²) in [4.78, 5) is 25.1. The molecule has 3 heterocycles. The van der Waals surface area contributed by atoms with E-state index >= 15 is 0 Å². The Bertz CT molecular complexity index is 1220. The summed E-state index contributed by atoms with van der Waals surface area (Å²) in [6.07, 6.45) is -1.98. The Labute approximate surface area is 180 Å². The van der Waals surface area contributed by atoms with Crippen LogP contribution in [0.15, 0.2) is 70.7 Å². The first kappa shape index (κ1) is 21.5. The summed E-state index contributed by atoms with van der Waals surface area (Å²) in [7, 11) is 1.34. The molecule has 1 N–H and O–H groups in total. The monoisotopic (exact) mass is 446 g/mol. The van der Waals surface area contributed by atoms with E-state index < -0.39 is 29.3 Å². The highest BCUT2D eigenvalue weighted by molar-refractivity contribution is 6.01. The maximum absolute atomic E-state index is 13.6. The number of alkyl halides is 3. The van der Waals surface area contributed by atoms with Crippen molar-refractivity contribution >= 4 is 5.84 Å². The summed E-state index contributed by atoms with van der Waals surface area (Å²) in [6, 6.07) is 10.2. The first-order valence-electron chi connectivity index (χ1n) is 9.58. The molecule has 10 heteroatoms. The third-order valence-corrected chi connectivity index (χ3v) is 5.42. The predicted octanol–water partition coefficient (Wildman–Crippen LogP) is 3.14. The molecule has 0 spiro atoms. The van der Waals surface area contributed by atoms with Crippen LogP contribution in [0.5, 0.6) is 0 Å². The van der Waals surface area contributed by atoms with Gasteiger partial charge in [0, 0.05) is 23.4 Å². The number of hydrogen-bond acceptors (Lipinski definition) is 5. The molecule has 0 amide bonds. The minimum absolute atomic E-state index is 0.375. The number of benzene rings is 1. The van der Waals surface area contributed by atoms with Gasteiger partial charge >= 0.3 is 6.18 Å². The molecule has 3 aromatic rings. The highest BCUT2D eigenvalue weighted by atomic mass is 19.4. The minimum atomic E-state index is -4.58. The van der Waals surface area contributed by atoms with E-state index in [1.165, 1.54) is 37.6 Å². The molecule has 32 heavy (non-hydrogen) atoms. The Kier molecular flexibility index (Phi) is 5.23. The average Bonchev–Trinajstić information content (AvgIpc) is 3.12. The van der Waals surface area contributed by atoms with Crippen LogP contribution in [0.1, 0.15) is 29.3 Å². The predicted molar refractivity (Wildman–Crippen MR) is 109 cm³/mol. The van der Waals surface area contributed by atoms with Crippen molar-refractivity contribution in [1.82, 2.24) is 15.0 Å². The Balaban J connectivity index is 1.83. The number of aliphatic imine (C=N–C) groups is 1. The molecule has 1 aliphatic heterocycles. The topological polar surface area (TPSA) is 68.5 Å². The molecule has 1 aromatic carbocycles. The van der Waals surface area contributed by atoms with Crippen LogP contribution >= 0.6 is 0 Å². The molecule has 2 aromatic heterocycles. The zero-order valence-electron chi connectivity index (χ0n) is 17.0. The van der Waals surface area contributed by atoms with Gasteiger partial charge in [-0.25, -0.2) is 4.39 Å². The van der Waals surface area contributed by atoms with Crippen LogP contribution in [0.2, 0.25) is 0 Å². The number of nitrogens with zero attached hydrogens (tertiary/aromatic N) is 3. The van der Waals surface area contributed by atoms with Crippen LogP contribution in [-0.4, -0.2) is 28.7 Å². The van der Waals surface area contributed by atoms with Gasteiger partial charge in [-0.2, -0.15) is 17.9 Å². The van der Waals surface area contributed by atoms with Crippen LogP contribution in [-0.2, 0) is 11.7 Å². The lowest BCUT2D eigenvalue weighted by molar-refractivity contribution is -0.141. The highest BCUT2D eigenvalue weighted by Crippen LogP contribution is 2.39. The molecule has 0 fully saturated rings. The molecule has 0 bridgehead atoms. The second-order valence-corrected chi connectivity index (χ2v) is 7.29. The summed E-state index contributed by atoms with van der Waals surface area (Å²) < 4.78 is 53.8. The lowest BCUT2D eigenvalue weighted by Gasteiger charge is -2.35. The zero-order chi connectivity index (χ0) is 23.1. The lowest BCUT2D eigenvalue weighted by atomic mass is 9.79. The standard InChI is InChI=1S/C22H18F4N4O2/c1-13-21(15-4-7-17(23)8-5-15,16-6-9-18(27-11-16)22(24,25)26)29-20(28-13)14-3-10-19(31)30(12-14)32-2/h3-13H,1-2H3,(H,28,29)/t13-,21+/m0/s1. The number of amidine groups is 1. The van der Waals surface area contributed by atoms with Gasteiger partial charge in [-0.05, 0) is 36.8 Å². The van der Waals surface area contributed by atoms with Crippen LogP contribution in [0.4, 0.5) is 17.6 Å². The van der Waals surface area contributed by atoms with Gasteiger partial charge in [0.15, 0.2) is 0 Å². The molecular formula is C22H18F4N4O2. The van der Waals surface area contributed by atoms with E-state index in [9.17, 15) is 22.4 Å². The molecule has 2 atom stereocenters. The van der Waals surface area contributed by atoms with Gasteiger partial charge in [0.2, 0.25) is 0 Å². The zero-order valence-corrected chi connectivity index (χ0v) is 17.0. The quantitative estimate of drug-likeness (QED) is 0.626. The number of nitrogens with one attached hydrogen (secondary N) is 1. The molecule has 0 saturated carbocycles. The van der Waals surface area contributed by atoms with Crippen molar-refractivity contribution in [3.05, 3.63) is 99.5 Å². The molecule has 0 radical (unpaired) electrons. The number of pyridine rings is 2. The number of halogens is 4. The van der Waals surface area contributed by atoms with Crippen molar-refractivity contribution in [2.24, 2.45) is 4.99 Å². The molecule has 0 saturated heterocycles. The summed E-state index contributed by atoms with van der Waals surface area (Å²) in [5.41, 5.74) is -0.972. The Morgan fingerprint density at radius 1 is 1.06 bits per heavy atom. The van der Waals surface area contributed by atoms with Crippen LogP contribution in [0.25, 0.3) is 0 Å². The molecule has 166 valence electrons. The van der Waals surface area contributed by atoms with Crippen molar-refractivity contribution < 1.29 is 22.4 Å². The van der Waals surface area contributed by atoms with Gasteiger partial charge in [-0.3, -0.25) is 14.8 Å². The number of rotatable bonds is 4. The van der Waals surface area contributed by atoms with E-state index in [4.69, 9.17) is 4.84 Å². The molecule has 0 unspecified atom stereocenters. The van der Waals surface area contributed by atoms with Crippen molar-refractivity contribution in [3.8, 4) is 0 Å². The lowest BCUT2D eigenvalue weighted by Crippen LogP contribution is -2.48. The molecule has 1 aliphatic rings. The van der Waals surface area contributed by atoms with E-state index in [1.54, 1.807) is 25.1 Å². The first-order chi connectivity index (χ1) is 15.1. The maximum Gasteiger partial charge on any atom is 0.433 e. The van der Waals surface area contributed by atoms with Gasteiger partial charge in [0.05, 0.1) is 12.2 Å². The van der Waals surface area contributed by atoms with E-state index in [0.717, 1.165) is 17.0 Å². The van der Waals surface area contributed by atoms with Crippen molar-refractivity contribution in [2.45, 2.75) is 24.7 Å². The van der Waals surface area contributed by atoms with E-state index in [1.807, 2.05) is 0 Å².